The van der Waals surface area contributed by atoms with Crippen molar-refractivity contribution in [3.8, 4) is 0 Å². The Balaban J connectivity index is 4.02. The van der Waals surface area contributed by atoms with Crippen molar-refractivity contribution in [2.75, 3.05) is 6.26 Å². The van der Waals surface area contributed by atoms with Gasteiger partial charge in [-0.2, -0.15) is 0 Å². The third kappa shape index (κ3) is 4.91. The molecule has 0 aromatic carbocycles. The predicted molar refractivity (Wildman–Crippen MR) is 59.3 cm³/mol. The average Bonchev–Trinajstić information content (AvgIpc) is 2.00. The Labute approximate surface area is 83.0 Å². The summed E-state index contributed by atoms with van der Waals surface area (Å²) >= 11 is 5.50. The molecule has 0 aliphatic carbocycles. The molecular weight excluding hydrogens is 220 g/mol. The quantitative estimate of drug-likeness (QED) is 0.675. The van der Waals surface area contributed by atoms with Gasteiger partial charge in [-0.3, -0.25) is 0 Å². The third-order valence-electron chi connectivity index (χ3n) is 1.50. The lowest BCUT2D eigenvalue weighted by Gasteiger charge is -2.05. The van der Waals surface area contributed by atoms with Gasteiger partial charge >= 0.3 is 0 Å². The minimum absolute atomic E-state index is 1.19. The van der Waals surface area contributed by atoms with Crippen LogP contribution in [0.2, 0.25) is 0 Å². The van der Waals surface area contributed by atoms with E-state index in [1.165, 1.54) is 35.1 Å². The zero-order chi connectivity index (χ0) is 8.69. The Morgan fingerprint density at radius 1 is 1.18 bits per heavy atom. The third-order valence-corrected chi connectivity index (χ3v) is 3.58. The fourth-order valence-corrected chi connectivity index (χ4v) is 2.75. The molecule has 0 rings (SSSR count). The van der Waals surface area contributed by atoms with Gasteiger partial charge in [0.25, 0.3) is 0 Å². The van der Waals surface area contributed by atoms with Crippen LogP contribution < -0.4 is 0 Å². The average molecular weight is 237 g/mol. The predicted octanol–water partition coefficient (Wildman–Crippen LogP) is 4.56. The zero-order valence-corrected chi connectivity index (χ0v) is 10.0. The van der Waals surface area contributed by atoms with Gasteiger partial charge in [0.1, 0.15) is 0 Å². The maximum absolute atomic E-state index is 3.62. The minimum atomic E-state index is 1.19. The summed E-state index contributed by atoms with van der Waals surface area (Å²) in [6.45, 7) is 4.44. The fourth-order valence-electron chi connectivity index (χ4n) is 0.934. The van der Waals surface area contributed by atoms with Crippen molar-refractivity contribution in [2.24, 2.45) is 0 Å². The first kappa shape index (κ1) is 11.6. The van der Waals surface area contributed by atoms with Crippen molar-refractivity contribution in [1.29, 1.82) is 0 Å². The van der Waals surface area contributed by atoms with Crippen molar-refractivity contribution in [3.05, 3.63) is 9.39 Å². The molecular formula is C9H17BrS. The summed E-state index contributed by atoms with van der Waals surface area (Å²) in [4.78, 5) is 1.52. The molecule has 0 aliphatic rings. The number of hydrogen-bond acceptors (Lipinski definition) is 1. The van der Waals surface area contributed by atoms with Gasteiger partial charge in [0, 0.05) is 4.48 Å². The number of thioether (sulfide) groups is 1. The van der Waals surface area contributed by atoms with E-state index in [-0.39, 0.29) is 0 Å². The van der Waals surface area contributed by atoms with Crippen LogP contribution in [0.1, 0.15) is 39.5 Å². The maximum Gasteiger partial charge on any atom is 0.00454 e. The molecule has 0 spiro atoms. The van der Waals surface area contributed by atoms with E-state index in [0.29, 0.717) is 0 Å². The number of allylic oxidation sites excluding steroid dienone is 2. The molecule has 0 N–H and O–H groups in total. The molecule has 0 atom stereocenters. The first-order valence-electron chi connectivity index (χ1n) is 4.17. The van der Waals surface area contributed by atoms with Crippen molar-refractivity contribution in [3.63, 3.8) is 0 Å². The molecule has 0 heterocycles. The second kappa shape index (κ2) is 7.23. The molecule has 0 fully saturated rings. The lowest BCUT2D eigenvalue weighted by atomic mass is 10.2. The van der Waals surface area contributed by atoms with E-state index in [1.807, 2.05) is 11.8 Å². The standard InChI is InChI=1S/C9H17BrS/c1-4-6-8(10)9(11-3)7-5-2/h4-7H2,1-3H3/b9-8+. The summed E-state index contributed by atoms with van der Waals surface area (Å²) in [5, 5.41) is 0. The van der Waals surface area contributed by atoms with E-state index < -0.39 is 0 Å². The van der Waals surface area contributed by atoms with E-state index in [4.69, 9.17) is 0 Å². The van der Waals surface area contributed by atoms with Crippen LogP contribution >= 0.6 is 27.7 Å². The number of hydrogen-bond donors (Lipinski definition) is 0. The summed E-state index contributed by atoms with van der Waals surface area (Å²) in [5.41, 5.74) is 0. The van der Waals surface area contributed by atoms with E-state index >= 15 is 0 Å². The topological polar surface area (TPSA) is 0 Å². The summed E-state index contributed by atoms with van der Waals surface area (Å²) in [7, 11) is 0. The van der Waals surface area contributed by atoms with E-state index in [2.05, 4.69) is 36.0 Å². The van der Waals surface area contributed by atoms with Crippen LogP contribution in [-0.2, 0) is 0 Å². The Morgan fingerprint density at radius 2 is 1.73 bits per heavy atom. The highest BCUT2D eigenvalue weighted by Gasteiger charge is 2.00. The summed E-state index contributed by atoms with van der Waals surface area (Å²) in [6, 6.07) is 0. The molecule has 0 bridgehead atoms. The number of halogens is 1. The van der Waals surface area contributed by atoms with E-state index in [1.54, 1.807) is 0 Å². The molecule has 0 saturated heterocycles. The summed E-state index contributed by atoms with van der Waals surface area (Å²) in [5.74, 6) is 0. The normalized spacial score (nSPS) is 13.1. The molecule has 0 aromatic rings. The molecule has 0 amide bonds. The number of rotatable bonds is 5. The Morgan fingerprint density at radius 3 is 2.09 bits per heavy atom. The summed E-state index contributed by atoms with van der Waals surface area (Å²) in [6.07, 6.45) is 7.04. The maximum atomic E-state index is 3.62. The van der Waals surface area contributed by atoms with Gasteiger partial charge in [-0.25, -0.2) is 0 Å². The van der Waals surface area contributed by atoms with Crippen LogP contribution in [0.3, 0.4) is 0 Å². The lowest BCUT2D eigenvalue weighted by molar-refractivity contribution is 0.906. The van der Waals surface area contributed by atoms with Gasteiger partial charge in [-0.05, 0) is 24.0 Å². The van der Waals surface area contributed by atoms with Crippen molar-refractivity contribution in [2.45, 2.75) is 39.5 Å². The second-order valence-corrected chi connectivity index (χ2v) is 4.39. The molecule has 0 aromatic heterocycles. The lowest BCUT2D eigenvalue weighted by Crippen LogP contribution is -1.81. The van der Waals surface area contributed by atoms with Crippen LogP contribution in [-0.4, -0.2) is 6.26 Å². The van der Waals surface area contributed by atoms with E-state index in [9.17, 15) is 0 Å². The van der Waals surface area contributed by atoms with Crippen LogP contribution in [0.25, 0.3) is 0 Å². The summed E-state index contributed by atoms with van der Waals surface area (Å²) < 4.78 is 1.41. The van der Waals surface area contributed by atoms with Gasteiger partial charge in [0.2, 0.25) is 0 Å². The van der Waals surface area contributed by atoms with Crippen LogP contribution in [0.15, 0.2) is 9.39 Å². The van der Waals surface area contributed by atoms with Gasteiger partial charge < -0.3 is 0 Å². The molecule has 0 unspecified atom stereocenters. The smallest absolute Gasteiger partial charge is 0.00454 e. The molecule has 2 heteroatoms. The highest BCUT2D eigenvalue weighted by molar-refractivity contribution is 9.11. The zero-order valence-electron chi connectivity index (χ0n) is 7.61. The van der Waals surface area contributed by atoms with E-state index in [0.717, 1.165) is 0 Å². The first-order chi connectivity index (χ1) is 5.26. The van der Waals surface area contributed by atoms with Crippen LogP contribution in [0, 0.1) is 0 Å². The van der Waals surface area contributed by atoms with Crippen LogP contribution in [0.4, 0.5) is 0 Å². The Kier molecular flexibility index (Phi) is 7.61. The first-order valence-corrected chi connectivity index (χ1v) is 6.19. The highest BCUT2D eigenvalue weighted by Crippen LogP contribution is 2.28. The second-order valence-electron chi connectivity index (χ2n) is 2.53. The van der Waals surface area contributed by atoms with Crippen molar-refractivity contribution < 1.29 is 0 Å². The van der Waals surface area contributed by atoms with Gasteiger partial charge in [0.05, 0.1) is 0 Å². The minimum Gasteiger partial charge on any atom is -0.133 e. The van der Waals surface area contributed by atoms with Crippen molar-refractivity contribution >= 4 is 27.7 Å². The Bertz CT molecular complexity index is 130. The van der Waals surface area contributed by atoms with Crippen molar-refractivity contribution in [1.82, 2.24) is 0 Å². The van der Waals surface area contributed by atoms with Gasteiger partial charge in [-0.1, -0.05) is 42.6 Å². The molecule has 11 heavy (non-hydrogen) atoms. The Hall–Kier alpha value is 0.570. The SMILES string of the molecule is CCC/C(Br)=C(/CCC)SC. The van der Waals surface area contributed by atoms with Gasteiger partial charge in [0.15, 0.2) is 0 Å². The monoisotopic (exact) mass is 236 g/mol. The molecule has 0 radical (unpaired) electrons. The van der Waals surface area contributed by atoms with Gasteiger partial charge in [-0.15, -0.1) is 11.8 Å². The molecule has 0 saturated carbocycles. The van der Waals surface area contributed by atoms with Crippen LogP contribution in [0.5, 0.6) is 0 Å². The molecule has 0 aliphatic heterocycles. The molecule has 66 valence electrons. The molecule has 0 nitrogen and oxygen atoms in total. The highest BCUT2D eigenvalue weighted by atomic mass is 79.9. The largest absolute Gasteiger partial charge is 0.133 e. The fraction of sp³-hybridized carbons (Fsp3) is 0.778.